The lowest BCUT2D eigenvalue weighted by molar-refractivity contribution is -0.137. The smallest absolute Gasteiger partial charge is 0.345 e. The van der Waals surface area contributed by atoms with Crippen molar-refractivity contribution in [2.75, 3.05) is 0 Å². The zero-order chi connectivity index (χ0) is 21.5. The van der Waals surface area contributed by atoms with Crippen LogP contribution < -0.4 is 5.32 Å². The van der Waals surface area contributed by atoms with E-state index in [1.54, 1.807) is 31.5 Å². The van der Waals surface area contributed by atoms with Crippen LogP contribution in [0.5, 0.6) is 0 Å². The summed E-state index contributed by atoms with van der Waals surface area (Å²) in [4.78, 5) is 17.8. The molecule has 0 aliphatic heterocycles. The number of carbonyl (C=O) groups excluding carboxylic acids is 1. The van der Waals surface area contributed by atoms with E-state index >= 15 is 0 Å². The highest BCUT2D eigenvalue weighted by molar-refractivity contribution is 7.20. The molecule has 1 amide bonds. The van der Waals surface area contributed by atoms with Gasteiger partial charge in [0.25, 0.3) is 5.91 Å². The first-order chi connectivity index (χ1) is 14.2. The van der Waals surface area contributed by atoms with Crippen molar-refractivity contribution in [2.45, 2.75) is 26.1 Å². The predicted octanol–water partition coefficient (Wildman–Crippen LogP) is 5.30. The molecule has 0 fully saturated rings. The van der Waals surface area contributed by atoms with Gasteiger partial charge in [-0.1, -0.05) is 6.07 Å². The Bertz CT molecular complexity index is 1210. The van der Waals surface area contributed by atoms with Crippen LogP contribution in [0.15, 0.2) is 54.9 Å². The highest BCUT2D eigenvalue weighted by Crippen LogP contribution is 2.33. The van der Waals surface area contributed by atoms with Crippen LogP contribution in [0.3, 0.4) is 0 Å². The van der Waals surface area contributed by atoms with E-state index in [0.29, 0.717) is 21.1 Å². The molecule has 1 aromatic carbocycles. The van der Waals surface area contributed by atoms with E-state index in [9.17, 15) is 18.0 Å². The Kier molecular flexibility index (Phi) is 5.07. The summed E-state index contributed by atoms with van der Waals surface area (Å²) in [6, 6.07) is 10.1. The number of hydrogen-bond acceptors (Lipinski definition) is 4. The molecule has 3 heterocycles. The lowest BCUT2D eigenvalue weighted by Crippen LogP contribution is -2.25. The number of aryl methyl sites for hydroxylation is 1. The van der Waals surface area contributed by atoms with Gasteiger partial charge in [0.15, 0.2) is 0 Å². The summed E-state index contributed by atoms with van der Waals surface area (Å²) in [7, 11) is 0. The summed E-state index contributed by atoms with van der Waals surface area (Å²) < 4.78 is 40.7. The lowest BCUT2D eigenvalue weighted by Gasteiger charge is -2.13. The number of aromatic nitrogens is 3. The zero-order valence-corrected chi connectivity index (χ0v) is 16.9. The number of nitrogens with zero attached hydrogens (tertiary/aromatic N) is 3. The van der Waals surface area contributed by atoms with Crippen LogP contribution >= 0.6 is 11.3 Å². The third-order valence-corrected chi connectivity index (χ3v) is 5.85. The van der Waals surface area contributed by atoms with Crippen molar-refractivity contribution in [1.29, 1.82) is 0 Å². The Balaban J connectivity index is 1.67. The number of fused-ring (bicyclic) bond motifs is 1. The normalized spacial score (nSPS) is 12.8. The van der Waals surface area contributed by atoms with Crippen molar-refractivity contribution in [2.24, 2.45) is 0 Å². The molecule has 5 nitrogen and oxygen atoms in total. The van der Waals surface area contributed by atoms with E-state index in [0.717, 1.165) is 23.1 Å². The third-order valence-electron chi connectivity index (χ3n) is 4.74. The topological polar surface area (TPSA) is 59.8 Å². The Hall–Kier alpha value is -3.20. The first-order valence-electron chi connectivity index (χ1n) is 9.11. The van der Waals surface area contributed by atoms with Gasteiger partial charge in [-0.2, -0.15) is 18.3 Å². The Morgan fingerprint density at radius 2 is 1.90 bits per heavy atom. The van der Waals surface area contributed by atoms with Gasteiger partial charge in [-0.25, -0.2) is 4.68 Å². The number of nitrogens with one attached hydrogen (secondary N) is 1. The van der Waals surface area contributed by atoms with Gasteiger partial charge in [0, 0.05) is 17.8 Å². The van der Waals surface area contributed by atoms with Gasteiger partial charge < -0.3 is 5.32 Å². The molecule has 1 atom stereocenters. The molecule has 0 bridgehead atoms. The van der Waals surface area contributed by atoms with Crippen LogP contribution in [-0.2, 0) is 6.18 Å². The molecule has 4 aromatic rings. The molecule has 30 heavy (non-hydrogen) atoms. The van der Waals surface area contributed by atoms with Crippen molar-refractivity contribution in [3.63, 3.8) is 0 Å². The average molecular weight is 430 g/mol. The average Bonchev–Trinajstić information content (AvgIpc) is 3.29. The summed E-state index contributed by atoms with van der Waals surface area (Å²) in [5.74, 6) is -0.254. The minimum absolute atomic E-state index is 0.216. The van der Waals surface area contributed by atoms with Crippen LogP contribution in [0.4, 0.5) is 13.2 Å². The SMILES string of the molecule is Cc1nn(-c2cccc(C(F)(F)F)c2)c2sc(C(=O)NC(C)c3ccncc3)cc12. The van der Waals surface area contributed by atoms with Gasteiger partial charge in [-0.3, -0.25) is 9.78 Å². The minimum atomic E-state index is -4.44. The molecule has 1 unspecified atom stereocenters. The molecule has 0 aliphatic rings. The Labute approximate surface area is 174 Å². The number of hydrogen-bond donors (Lipinski definition) is 1. The summed E-state index contributed by atoms with van der Waals surface area (Å²) in [6.45, 7) is 3.64. The zero-order valence-electron chi connectivity index (χ0n) is 16.1. The number of benzene rings is 1. The van der Waals surface area contributed by atoms with E-state index in [1.807, 2.05) is 19.1 Å². The van der Waals surface area contributed by atoms with Crippen molar-refractivity contribution < 1.29 is 18.0 Å². The van der Waals surface area contributed by atoms with E-state index < -0.39 is 11.7 Å². The van der Waals surface area contributed by atoms with Gasteiger partial charge in [0.2, 0.25) is 0 Å². The van der Waals surface area contributed by atoms with Crippen LogP contribution in [0.1, 0.15) is 39.5 Å². The summed E-state index contributed by atoms with van der Waals surface area (Å²) in [5.41, 5.74) is 1.11. The second-order valence-electron chi connectivity index (χ2n) is 6.85. The predicted molar refractivity (Wildman–Crippen MR) is 109 cm³/mol. The molecule has 0 saturated carbocycles. The van der Waals surface area contributed by atoms with Crippen molar-refractivity contribution in [3.8, 4) is 5.69 Å². The molecule has 9 heteroatoms. The second-order valence-corrected chi connectivity index (χ2v) is 7.88. The minimum Gasteiger partial charge on any atom is -0.345 e. The lowest BCUT2D eigenvalue weighted by atomic mass is 10.1. The summed E-state index contributed by atoms with van der Waals surface area (Å²) >= 11 is 1.19. The van der Waals surface area contributed by atoms with Crippen LogP contribution in [0.2, 0.25) is 0 Å². The van der Waals surface area contributed by atoms with Crippen LogP contribution in [0, 0.1) is 6.92 Å². The third kappa shape index (κ3) is 3.80. The number of amides is 1. The van der Waals surface area contributed by atoms with Gasteiger partial charge in [-0.15, -0.1) is 11.3 Å². The Morgan fingerprint density at radius 3 is 2.60 bits per heavy atom. The molecule has 3 aromatic heterocycles. The fourth-order valence-corrected chi connectivity index (χ4v) is 4.24. The van der Waals surface area contributed by atoms with Crippen molar-refractivity contribution >= 4 is 27.5 Å². The maximum atomic E-state index is 13.1. The highest BCUT2D eigenvalue weighted by Gasteiger charge is 2.31. The number of pyridine rings is 1. The van der Waals surface area contributed by atoms with Gasteiger partial charge >= 0.3 is 6.18 Å². The van der Waals surface area contributed by atoms with E-state index in [2.05, 4.69) is 15.4 Å². The molecule has 1 N–H and O–H groups in total. The molecule has 0 aliphatic carbocycles. The van der Waals surface area contributed by atoms with E-state index in [4.69, 9.17) is 0 Å². The summed E-state index contributed by atoms with van der Waals surface area (Å²) in [5, 5.41) is 8.04. The highest BCUT2D eigenvalue weighted by atomic mass is 32.1. The molecule has 0 spiro atoms. The number of carbonyl (C=O) groups is 1. The molecular formula is C21H17F3N4OS. The molecule has 0 saturated heterocycles. The largest absolute Gasteiger partial charge is 0.416 e. The van der Waals surface area contributed by atoms with E-state index in [-0.39, 0.29) is 11.9 Å². The molecule has 154 valence electrons. The standard InChI is InChI=1S/C21H17F3N4OS/c1-12(14-6-8-25-9-7-14)26-19(29)18-11-17-13(2)27-28(20(17)30-18)16-5-3-4-15(10-16)21(22,23)24/h3-12H,1-2H3,(H,26,29). The van der Waals surface area contributed by atoms with Gasteiger partial charge in [0.05, 0.1) is 27.9 Å². The maximum Gasteiger partial charge on any atom is 0.416 e. The molecule has 4 rings (SSSR count). The second kappa shape index (κ2) is 7.56. The monoisotopic (exact) mass is 430 g/mol. The van der Waals surface area contributed by atoms with E-state index in [1.165, 1.54) is 22.1 Å². The first kappa shape index (κ1) is 20.1. The molecule has 0 radical (unpaired) electrons. The number of alkyl halides is 3. The number of rotatable bonds is 4. The van der Waals surface area contributed by atoms with Gasteiger partial charge in [-0.05, 0) is 55.8 Å². The summed E-state index contributed by atoms with van der Waals surface area (Å²) in [6.07, 6.45) is -1.13. The quantitative estimate of drug-likeness (QED) is 0.478. The maximum absolute atomic E-state index is 13.1. The van der Waals surface area contributed by atoms with Crippen LogP contribution in [-0.4, -0.2) is 20.7 Å². The fourth-order valence-electron chi connectivity index (χ4n) is 3.15. The number of halogens is 3. The first-order valence-corrected chi connectivity index (χ1v) is 9.93. The molecular weight excluding hydrogens is 413 g/mol. The fraction of sp³-hybridized carbons (Fsp3) is 0.190. The Morgan fingerprint density at radius 1 is 1.17 bits per heavy atom. The van der Waals surface area contributed by atoms with Crippen molar-refractivity contribution in [1.82, 2.24) is 20.1 Å². The number of thiophene rings is 1. The van der Waals surface area contributed by atoms with Crippen LogP contribution in [0.25, 0.3) is 15.9 Å². The van der Waals surface area contributed by atoms with Gasteiger partial charge in [0.1, 0.15) is 4.83 Å². The van der Waals surface area contributed by atoms with Crippen molar-refractivity contribution in [3.05, 3.63) is 76.6 Å².